The van der Waals surface area contributed by atoms with E-state index in [1.165, 1.54) is 18.2 Å². The van der Waals surface area contributed by atoms with E-state index in [2.05, 4.69) is 25.9 Å². The van der Waals surface area contributed by atoms with Crippen molar-refractivity contribution >= 4 is 21.7 Å². The van der Waals surface area contributed by atoms with Gasteiger partial charge in [-0.2, -0.15) is 4.98 Å². The number of anilines is 1. The number of rotatable bonds is 4. The van der Waals surface area contributed by atoms with Gasteiger partial charge in [0.25, 0.3) is 0 Å². The first-order chi connectivity index (χ1) is 9.51. The highest BCUT2D eigenvalue weighted by atomic mass is 79.9. The molecule has 20 heavy (non-hydrogen) atoms. The molecule has 1 aromatic heterocycles. The van der Waals surface area contributed by atoms with Crippen molar-refractivity contribution in [2.75, 3.05) is 5.73 Å². The van der Waals surface area contributed by atoms with Crippen LogP contribution < -0.4 is 10.5 Å². The zero-order chi connectivity index (χ0) is 14.7. The number of halogens is 2. The van der Waals surface area contributed by atoms with Gasteiger partial charge in [-0.05, 0) is 47.5 Å². The highest BCUT2D eigenvalue weighted by Crippen LogP contribution is 2.32. The Labute approximate surface area is 125 Å². The molecule has 0 unspecified atom stereocenters. The molecule has 0 spiro atoms. The molecule has 2 N–H and O–H groups in total. The van der Waals surface area contributed by atoms with Gasteiger partial charge in [0, 0.05) is 6.42 Å². The molecule has 0 aliphatic carbocycles. The van der Waals surface area contributed by atoms with E-state index in [0.29, 0.717) is 33.3 Å². The lowest BCUT2D eigenvalue weighted by molar-refractivity contribution is 0.450. The van der Waals surface area contributed by atoms with Gasteiger partial charge in [-0.3, -0.25) is 0 Å². The lowest BCUT2D eigenvalue weighted by atomic mass is 10.3. The molecule has 0 aliphatic rings. The monoisotopic (exact) mass is 339 g/mol. The van der Waals surface area contributed by atoms with Crippen LogP contribution >= 0.6 is 15.9 Å². The highest BCUT2D eigenvalue weighted by molar-refractivity contribution is 9.10. The molecule has 1 heterocycles. The maximum Gasteiger partial charge on any atom is 0.227 e. The van der Waals surface area contributed by atoms with Crippen molar-refractivity contribution in [1.29, 1.82) is 0 Å². The molecule has 0 aliphatic heterocycles. The van der Waals surface area contributed by atoms with E-state index in [9.17, 15) is 4.39 Å². The minimum atomic E-state index is -0.338. The number of aromatic nitrogens is 2. The average Bonchev–Trinajstić information content (AvgIpc) is 2.39. The standard InChI is InChI=1S/C14H15BrFN3O/c1-3-4-12-18-13(17)8(2)14(19-12)20-11-6-5-9(16)7-10(11)15/h5-7H,3-4H2,1-2H3,(H2,17,18,19). The van der Waals surface area contributed by atoms with E-state index < -0.39 is 0 Å². The molecule has 4 nitrogen and oxygen atoms in total. The van der Waals surface area contributed by atoms with E-state index >= 15 is 0 Å². The first-order valence-electron chi connectivity index (χ1n) is 6.27. The molecule has 2 rings (SSSR count). The second kappa shape index (κ2) is 6.17. The summed E-state index contributed by atoms with van der Waals surface area (Å²) in [6, 6.07) is 4.20. The molecule has 0 amide bonds. The minimum Gasteiger partial charge on any atom is -0.437 e. The SMILES string of the molecule is CCCc1nc(N)c(C)c(Oc2ccc(F)cc2Br)n1. The average molecular weight is 340 g/mol. The van der Waals surface area contributed by atoms with Crippen molar-refractivity contribution in [3.8, 4) is 11.6 Å². The van der Waals surface area contributed by atoms with Gasteiger partial charge in [-0.25, -0.2) is 9.37 Å². The smallest absolute Gasteiger partial charge is 0.227 e. The van der Waals surface area contributed by atoms with Crippen molar-refractivity contribution in [3.63, 3.8) is 0 Å². The summed E-state index contributed by atoms with van der Waals surface area (Å²) in [5.74, 6) is 1.58. The summed E-state index contributed by atoms with van der Waals surface area (Å²) < 4.78 is 19.3. The van der Waals surface area contributed by atoms with Gasteiger partial charge in [0.15, 0.2) is 0 Å². The number of benzene rings is 1. The number of aryl methyl sites for hydroxylation is 1. The fourth-order valence-corrected chi connectivity index (χ4v) is 2.09. The van der Waals surface area contributed by atoms with Gasteiger partial charge in [0.05, 0.1) is 10.0 Å². The summed E-state index contributed by atoms with van der Waals surface area (Å²) in [5, 5.41) is 0. The van der Waals surface area contributed by atoms with E-state index in [0.717, 1.165) is 12.8 Å². The zero-order valence-corrected chi connectivity index (χ0v) is 12.9. The number of hydrogen-bond donors (Lipinski definition) is 1. The Morgan fingerprint density at radius 3 is 2.75 bits per heavy atom. The van der Waals surface area contributed by atoms with Crippen molar-refractivity contribution in [1.82, 2.24) is 9.97 Å². The van der Waals surface area contributed by atoms with E-state index in [1.54, 1.807) is 6.92 Å². The lowest BCUT2D eigenvalue weighted by Gasteiger charge is -2.12. The van der Waals surface area contributed by atoms with Gasteiger partial charge >= 0.3 is 0 Å². The van der Waals surface area contributed by atoms with E-state index in [4.69, 9.17) is 10.5 Å². The molecular formula is C14H15BrFN3O. The van der Waals surface area contributed by atoms with Crippen LogP contribution in [0.1, 0.15) is 24.7 Å². The Hall–Kier alpha value is -1.69. The first kappa shape index (κ1) is 14.7. The molecule has 0 fully saturated rings. The number of hydrogen-bond acceptors (Lipinski definition) is 4. The minimum absolute atomic E-state index is 0.338. The summed E-state index contributed by atoms with van der Waals surface area (Å²) in [7, 11) is 0. The van der Waals surface area contributed by atoms with Crippen LogP contribution in [0.15, 0.2) is 22.7 Å². The predicted octanol–water partition coefficient (Wildman–Crippen LogP) is 4.01. The third kappa shape index (κ3) is 3.25. The fourth-order valence-electron chi connectivity index (χ4n) is 1.66. The van der Waals surface area contributed by atoms with Gasteiger partial charge in [-0.1, -0.05) is 6.92 Å². The van der Waals surface area contributed by atoms with Crippen molar-refractivity contribution in [3.05, 3.63) is 39.9 Å². The Morgan fingerprint density at radius 1 is 1.35 bits per heavy atom. The van der Waals surface area contributed by atoms with Gasteiger partial charge in [0.2, 0.25) is 5.88 Å². The molecule has 0 saturated carbocycles. The molecule has 0 radical (unpaired) electrons. The predicted molar refractivity (Wildman–Crippen MR) is 79.4 cm³/mol. The van der Waals surface area contributed by atoms with E-state index in [-0.39, 0.29) is 5.82 Å². The summed E-state index contributed by atoms with van der Waals surface area (Å²) in [6.07, 6.45) is 1.65. The van der Waals surface area contributed by atoms with Gasteiger partial charge < -0.3 is 10.5 Å². The maximum absolute atomic E-state index is 13.1. The molecule has 0 atom stereocenters. The summed E-state index contributed by atoms with van der Waals surface area (Å²) in [6.45, 7) is 3.83. The Balaban J connectivity index is 2.37. The van der Waals surface area contributed by atoms with Gasteiger partial charge in [-0.15, -0.1) is 0 Å². The van der Waals surface area contributed by atoms with Crippen LogP contribution in [0.4, 0.5) is 10.2 Å². The molecule has 6 heteroatoms. The van der Waals surface area contributed by atoms with Crippen molar-refractivity contribution in [2.24, 2.45) is 0 Å². The summed E-state index contributed by atoms with van der Waals surface area (Å²) in [5.41, 5.74) is 6.53. The first-order valence-corrected chi connectivity index (χ1v) is 7.06. The molecule has 1 aromatic carbocycles. The van der Waals surface area contributed by atoms with Crippen LogP contribution in [0.2, 0.25) is 0 Å². The molecular weight excluding hydrogens is 325 g/mol. The number of ether oxygens (including phenoxy) is 1. The molecule has 2 aromatic rings. The Morgan fingerprint density at radius 2 is 2.10 bits per heavy atom. The topological polar surface area (TPSA) is 61.0 Å². The Bertz CT molecular complexity index is 634. The molecule has 0 saturated heterocycles. The van der Waals surface area contributed by atoms with E-state index in [1.807, 2.05) is 6.92 Å². The summed E-state index contributed by atoms with van der Waals surface area (Å²) >= 11 is 3.26. The second-order valence-electron chi connectivity index (χ2n) is 4.38. The van der Waals surface area contributed by atoms with Crippen molar-refractivity contribution in [2.45, 2.75) is 26.7 Å². The van der Waals surface area contributed by atoms with Crippen LogP contribution in [-0.4, -0.2) is 9.97 Å². The van der Waals surface area contributed by atoms with Crippen LogP contribution in [0.5, 0.6) is 11.6 Å². The van der Waals surface area contributed by atoms with Crippen LogP contribution in [0.25, 0.3) is 0 Å². The third-order valence-electron chi connectivity index (χ3n) is 2.76. The molecule has 106 valence electrons. The number of nitrogens with two attached hydrogens (primary N) is 1. The quantitative estimate of drug-likeness (QED) is 0.913. The largest absolute Gasteiger partial charge is 0.437 e. The number of nitrogen functional groups attached to an aromatic ring is 1. The third-order valence-corrected chi connectivity index (χ3v) is 3.38. The molecule has 0 bridgehead atoms. The zero-order valence-electron chi connectivity index (χ0n) is 11.3. The Kier molecular flexibility index (Phi) is 4.54. The van der Waals surface area contributed by atoms with Crippen molar-refractivity contribution < 1.29 is 9.13 Å². The fraction of sp³-hybridized carbons (Fsp3) is 0.286. The number of nitrogens with zero attached hydrogens (tertiary/aromatic N) is 2. The normalized spacial score (nSPS) is 10.6. The van der Waals surface area contributed by atoms with Gasteiger partial charge in [0.1, 0.15) is 23.2 Å². The summed E-state index contributed by atoms with van der Waals surface area (Å²) in [4.78, 5) is 8.57. The lowest BCUT2D eigenvalue weighted by Crippen LogP contribution is -2.05. The maximum atomic E-state index is 13.1. The highest BCUT2D eigenvalue weighted by Gasteiger charge is 2.12. The van der Waals surface area contributed by atoms with Crippen LogP contribution in [0.3, 0.4) is 0 Å². The second-order valence-corrected chi connectivity index (χ2v) is 5.24. The van der Waals surface area contributed by atoms with Crippen LogP contribution in [0, 0.1) is 12.7 Å². The van der Waals surface area contributed by atoms with Crippen LogP contribution in [-0.2, 0) is 6.42 Å².